The van der Waals surface area contributed by atoms with E-state index in [1.54, 1.807) is 20.3 Å². The standard InChI is InChI=1S/C15H15NO3/c1-18-15(19-2)6-5-11-12-7-10(9-17)3-4-13(12)16-14(11)8-15/h3-7,9,16H,8H2,1-2H3. The lowest BCUT2D eigenvalue weighted by Crippen LogP contribution is -2.35. The summed E-state index contributed by atoms with van der Waals surface area (Å²) < 4.78 is 10.9. The van der Waals surface area contributed by atoms with E-state index in [0.29, 0.717) is 12.0 Å². The topological polar surface area (TPSA) is 51.3 Å². The highest BCUT2D eigenvalue weighted by molar-refractivity contribution is 5.94. The van der Waals surface area contributed by atoms with Gasteiger partial charge in [0.15, 0.2) is 5.79 Å². The summed E-state index contributed by atoms with van der Waals surface area (Å²) >= 11 is 0. The molecule has 0 radical (unpaired) electrons. The molecule has 0 bridgehead atoms. The van der Waals surface area contributed by atoms with Gasteiger partial charge >= 0.3 is 0 Å². The Morgan fingerprint density at radius 2 is 2.11 bits per heavy atom. The third-order valence-electron chi connectivity index (χ3n) is 3.70. The molecule has 1 aromatic heterocycles. The van der Waals surface area contributed by atoms with E-state index in [0.717, 1.165) is 28.4 Å². The van der Waals surface area contributed by atoms with Gasteiger partial charge in [-0.2, -0.15) is 0 Å². The number of rotatable bonds is 3. The maximum absolute atomic E-state index is 10.9. The van der Waals surface area contributed by atoms with Crippen molar-refractivity contribution in [3.05, 3.63) is 41.1 Å². The zero-order chi connectivity index (χ0) is 13.5. The molecule has 0 saturated carbocycles. The van der Waals surface area contributed by atoms with E-state index < -0.39 is 5.79 Å². The summed E-state index contributed by atoms with van der Waals surface area (Å²) in [6.07, 6.45) is 5.38. The number of fused-ring (bicyclic) bond motifs is 3. The summed E-state index contributed by atoms with van der Waals surface area (Å²) in [6, 6.07) is 5.63. The third kappa shape index (κ3) is 1.80. The van der Waals surface area contributed by atoms with Crippen LogP contribution in [0.3, 0.4) is 0 Å². The molecule has 0 amide bonds. The first-order valence-corrected chi connectivity index (χ1v) is 6.10. The van der Waals surface area contributed by atoms with Crippen LogP contribution in [0.1, 0.15) is 21.6 Å². The van der Waals surface area contributed by atoms with Crippen LogP contribution in [0.4, 0.5) is 0 Å². The number of methoxy groups -OCH3 is 2. The first kappa shape index (κ1) is 12.1. The molecule has 2 aromatic rings. The number of aromatic amines is 1. The molecule has 4 heteroatoms. The average molecular weight is 257 g/mol. The minimum Gasteiger partial charge on any atom is -0.358 e. The molecule has 4 nitrogen and oxygen atoms in total. The number of aromatic nitrogens is 1. The number of aldehydes is 1. The fourth-order valence-electron chi connectivity index (χ4n) is 2.57. The molecule has 0 aliphatic heterocycles. The molecule has 3 rings (SSSR count). The number of carbonyl (C=O) groups excluding carboxylic acids is 1. The second kappa shape index (κ2) is 4.33. The number of ether oxygens (including phenoxy) is 2. The Balaban J connectivity index is 2.15. The predicted molar refractivity (Wildman–Crippen MR) is 73.2 cm³/mol. The van der Waals surface area contributed by atoms with Gasteiger partial charge < -0.3 is 14.5 Å². The van der Waals surface area contributed by atoms with Crippen molar-refractivity contribution >= 4 is 23.3 Å². The van der Waals surface area contributed by atoms with E-state index in [1.807, 2.05) is 24.3 Å². The van der Waals surface area contributed by atoms with Crippen LogP contribution in [0, 0.1) is 0 Å². The Kier molecular flexibility index (Phi) is 2.77. The number of hydrogen-bond acceptors (Lipinski definition) is 3. The van der Waals surface area contributed by atoms with Gasteiger partial charge in [0, 0.05) is 48.4 Å². The van der Waals surface area contributed by atoms with Crippen LogP contribution in [0.2, 0.25) is 0 Å². The first-order chi connectivity index (χ1) is 9.21. The van der Waals surface area contributed by atoms with E-state index in [9.17, 15) is 4.79 Å². The zero-order valence-electron chi connectivity index (χ0n) is 10.9. The highest BCUT2D eigenvalue weighted by Crippen LogP contribution is 2.33. The smallest absolute Gasteiger partial charge is 0.193 e. The largest absolute Gasteiger partial charge is 0.358 e. The molecule has 0 fully saturated rings. The van der Waals surface area contributed by atoms with Gasteiger partial charge in [0.2, 0.25) is 0 Å². The van der Waals surface area contributed by atoms with E-state index >= 15 is 0 Å². The molecule has 98 valence electrons. The molecule has 1 aromatic carbocycles. The second-order valence-corrected chi connectivity index (χ2v) is 4.67. The summed E-state index contributed by atoms with van der Waals surface area (Å²) in [5.41, 5.74) is 3.86. The van der Waals surface area contributed by atoms with Crippen molar-refractivity contribution < 1.29 is 14.3 Å². The van der Waals surface area contributed by atoms with Gasteiger partial charge in [-0.1, -0.05) is 6.08 Å². The SMILES string of the molecule is COC1(OC)C=Cc2c([nH]c3ccc(C=O)cc23)C1. The van der Waals surface area contributed by atoms with Gasteiger partial charge in [0.25, 0.3) is 0 Å². The van der Waals surface area contributed by atoms with Gasteiger partial charge in [-0.3, -0.25) is 4.79 Å². The Labute approximate surface area is 111 Å². The van der Waals surface area contributed by atoms with Crippen molar-refractivity contribution in [2.24, 2.45) is 0 Å². The van der Waals surface area contributed by atoms with Gasteiger partial charge in [-0.25, -0.2) is 0 Å². The monoisotopic (exact) mass is 257 g/mol. The Bertz CT molecular complexity index is 665. The van der Waals surface area contributed by atoms with Crippen molar-refractivity contribution in [1.82, 2.24) is 4.98 Å². The van der Waals surface area contributed by atoms with Crippen LogP contribution in [0.25, 0.3) is 17.0 Å². The number of carbonyl (C=O) groups is 1. The van der Waals surface area contributed by atoms with Gasteiger partial charge in [-0.05, 0) is 24.3 Å². The number of nitrogens with one attached hydrogen (secondary N) is 1. The summed E-state index contributed by atoms with van der Waals surface area (Å²) in [4.78, 5) is 14.2. The molecule has 1 aliphatic carbocycles. The molecule has 1 N–H and O–H groups in total. The molecule has 0 unspecified atom stereocenters. The van der Waals surface area contributed by atoms with Crippen LogP contribution in [-0.4, -0.2) is 31.3 Å². The molecular weight excluding hydrogens is 242 g/mol. The van der Waals surface area contributed by atoms with Crippen molar-refractivity contribution in [3.63, 3.8) is 0 Å². The van der Waals surface area contributed by atoms with Crippen LogP contribution >= 0.6 is 0 Å². The van der Waals surface area contributed by atoms with Crippen LogP contribution in [0.5, 0.6) is 0 Å². The molecule has 19 heavy (non-hydrogen) atoms. The molecular formula is C15H15NO3. The Morgan fingerprint density at radius 1 is 1.32 bits per heavy atom. The number of H-pyrrole nitrogens is 1. The summed E-state index contributed by atoms with van der Waals surface area (Å²) in [5.74, 6) is -0.707. The van der Waals surface area contributed by atoms with Crippen LogP contribution in [0.15, 0.2) is 24.3 Å². The maximum Gasteiger partial charge on any atom is 0.193 e. The minimum absolute atomic E-state index is 0.622. The molecule has 0 spiro atoms. The van der Waals surface area contributed by atoms with Gasteiger partial charge in [-0.15, -0.1) is 0 Å². The van der Waals surface area contributed by atoms with E-state index in [2.05, 4.69) is 4.98 Å². The van der Waals surface area contributed by atoms with E-state index in [1.165, 1.54) is 0 Å². The second-order valence-electron chi connectivity index (χ2n) is 4.67. The maximum atomic E-state index is 10.9. The molecule has 1 aliphatic rings. The highest BCUT2D eigenvalue weighted by atomic mass is 16.7. The van der Waals surface area contributed by atoms with E-state index in [4.69, 9.17) is 9.47 Å². The summed E-state index contributed by atoms with van der Waals surface area (Å²) in [6.45, 7) is 0. The predicted octanol–water partition coefficient (Wildman–Crippen LogP) is 2.54. The fraction of sp³-hybridized carbons (Fsp3) is 0.267. The van der Waals surface area contributed by atoms with Crippen LogP contribution in [-0.2, 0) is 15.9 Å². The Morgan fingerprint density at radius 3 is 2.79 bits per heavy atom. The average Bonchev–Trinajstić information content (AvgIpc) is 2.83. The lowest BCUT2D eigenvalue weighted by atomic mass is 9.97. The van der Waals surface area contributed by atoms with Crippen LogP contribution < -0.4 is 0 Å². The summed E-state index contributed by atoms with van der Waals surface area (Å²) in [5, 5.41) is 1.05. The number of benzene rings is 1. The minimum atomic E-state index is -0.707. The molecule has 0 saturated heterocycles. The van der Waals surface area contributed by atoms with E-state index in [-0.39, 0.29) is 0 Å². The normalized spacial score (nSPS) is 16.5. The highest BCUT2D eigenvalue weighted by Gasteiger charge is 2.32. The summed E-state index contributed by atoms with van der Waals surface area (Å²) in [7, 11) is 3.26. The fourth-order valence-corrected chi connectivity index (χ4v) is 2.57. The quantitative estimate of drug-likeness (QED) is 0.679. The number of hydrogen-bond donors (Lipinski definition) is 1. The molecule has 0 atom stereocenters. The Hall–Kier alpha value is -1.91. The zero-order valence-corrected chi connectivity index (χ0v) is 10.9. The van der Waals surface area contributed by atoms with Crippen molar-refractivity contribution in [3.8, 4) is 0 Å². The van der Waals surface area contributed by atoms with Gasteiger partial charge in [0.05, 0.1) is 0 Å². The first-order valence-electron chi connectivity index (χ1n) is 6.10. The van der Waals surface area contributed by atoms with Gasteiger partial charge in [0.1, 0.15) is 6.29 Å². The molecule has 1 heterocycles. The third-order valence-corrected chi connectivity index (χ3v) is 3.70. The van der Waals surface area contributed by atoms with Crippen molar-refractivity contribution in [1.29, 1.82) is 0 Å². The van der Waals surface area contributed by atoms with Crippen molar-refractivity contribution in [2.75, 3.05) is 14.2 Å². The lowest BCUT2D eigenvalue weighted by molar-refractivity contribution is -0.169. The lowest BCUT2D eigenvalue weighted by Gasteiger charge is -2.29. The van der Waals surface area contributed by atoms with Crippen molar-refractivity contribution in [2.45, 2.75) is 12.2 Å².